The molecule has 0 aromatic heterocycles. The molecule has 0 saturated heterocycles. The van der Waals surface area contributed by atoms with Crippen molar-refractivity contribution in [2.75, 3.05) is 6.54 Å². The Morgan fingerprint density at radius 2 is 1.80 bits per heavy atom. The Morgan fingerprint density at radius 1 is 1.00 bits per heavy atom. The lowest BCUT2D eigenvalue weighted by molar-refractivity contribution is 0.259. The summed E-state index contributed by atoms with van der Waals surface area (Å²) in [5.74, 6) is 6.65. The third-order valence-electron chi connectivity index (χ3n) is 7.29. The van der Waals surface area contributed by atoms with Crippen molar-refractivity contribution in [3.63, 3.8) is 0 Å². The van der Waals surface area contributed by atoms with E-state index in [4.69, 9.17) is 0 Å². The van der Waals surface area contributed by atoms with Crippen LogP contribution in [0.2, 0.25) is 0 Å². The zero-order valence-corrected chi connectivity index (χ0v) is 13.3. The molecule has 0 radical (unpaired) electrons. The lowest BCUT2D eigenvalue weighted by Crippen LogP contribution is -2.35. The molecule has 1 N–H and O–H groups in total. The maximum Gasteiger partial charge on any atom is 0.0104 e. The van der Waals surface area contributed by atoms with Crippen LogP contribution in [0.5, 0.6) is 0 Å². The van der Waals surface area contributed by atoms with Crippen LogP contribution in [0.25, 0.3) is 0 Å². The first kappa shape index (κ1) is 13.6. The molecule has 0 aromatic rings. The summed E-state index contributed by atoms with van der Waals surface area (Å²) in [7, 11) is 0. The molecule has 6 atom stereocenters. The van der Waals surface area contributed by atoms with Crippen molar-refractivity contribution in [2.24, 2.45) is 35.5 Å². The zero-order chi connectivity index (χ0) is 13.5. The van der Waals surface area contributed by atoms with Gasteiger partial charge in [-0.25, -0.2) is 0 Å². The van der Waals surface area contributed by atoms with Gasteiger partial charge in [-0.3, -0.25) is 0 Å². The number of rotatable bonds is 6. The molecule has 1 nitrogen and oxygen atoms in total. The Hall–Kier alpha value is -0.0400. The van der Waals surface area contributed by atoms with Crippen LogP contribution in [0.15, 0.2) is 0 Å². The maximum atomic E-state index is 3.97. The van der Waals surface area contributed by atoms with Gasteiger partial charge in [-0.1, -0.05) is 26.2 Å². The SMILES string of the molecule is CCCNC(CC1CC2CCC1C2)C1C2CCCCC21. The van der Waals surface area contributed by atoms with Gasteiger partial charge in [-0.2, -0.15) is 0 Å². The monoisotopic (exact) mass is 275 g/mol. The van der Waals surface area contributed by atoms with Gasteiger partial charge in [0.15, 0.2) is 0 Å². The predicted molar refractivity (Wildman–Crippen MR) is 84.6 cm³/mol. The smallest absolute Gasteiger partial charge is 0.0104 e. The van der Waals surface area contributed by atoms with Gasteiger partial charge < -0.3 is 5.32 Å². The highest BCUT2D eigenvalue weighted by molar-refractivity contribution is 5.06. The second kappa shape index (κ2) is 5.63. The normalized spacial score (nSPS) is 47.2. The van der Waals surface area contributed by atoms with Gasteiger partial charge in [0.2, 0.25) is 0 Å². The van der Waals surface area contributed by atoms with Crippen LogP contribution in [0, 0.1) is 35.5 Å². The van der Waals surface area contributed by atoms with Crippen molar-refractivity contribution in [2.45, 2.75) is 77.2 Å². The molecule has 4 fully saturated rings. The fourth-order valence-electron chi connectivity index (χ4n) is 6.34. The molecular weight excluding hydrogens is 242 g/mol. The molecule has 0 heterocycles. The van der Waals surface area contributed by atoms with Crippen LogP contribution in [-0.2, 0) is 0 Å². The largest absolute Gasteiger partial charge is 0.314 e. The molecule has 20 heavy (non-hydrogen) atoms. The van der Waals surface area contributed by atoms with Gasteiger partial charge in [0, 0.05) is 6.04 Å². The molecule has 0 aromatic carbocycles. The van der Waals surface area contributed by atoms with E-state index < -0.39 is 0 Å². The third-order valence-corrected chi connectivity index (χ3v) is 7.29. The highest BCUT2D eigenvalue weighted by Crippen LogP contribution is 2.59. The van der Waals surface area contributed by atoms with E-state index in [9.17, 15) is 0 Å². The number of hydrogen-bond acceptors (Lipinski definition) is 1. The summed E-state index contributed by atoms with van der Waals surface area (Å²) in [6.07, 6.45) is 15.3. The first-order valence-corrected chi connectivity index (χ1v) is 9.60. The Morgan fingerprint density at radius 3 is 2.40 bits per heavy atom. The summed E-state index contributed by atoms with van der Waals surface area (Å²) in [5.41, 5.74) is 0. The number of hydrogen-bond donors (Lipinski definition) is 1. The van der Waals surface area contributed by atoms with Crippen LogP contribution in [-0.4, -0.2) is 12.6 Å². The minimum atomic E-state index is 0.882. The third kappa shape index (κ3) is 2.45. The van der Waals surface area contributed by atoms with Crippen LogP contribution in [0.1, 0.15) is 71.1 Å². The van der Waals surface area contributed by atoms with E-state index >= 15 is 0 Å². The fraction of sp³-hybridized carbons (Fsp3) is 1.00. The number of nitrogens with one attached hydrogen (secondary N) is 1. The lowest BCUT2D eigenvalue weighted by Gasteiger charge is -2.28. The summed E-state index contributed by atoms with van der Waals surface area (Å²) in [4.78, 5) is 0. The van der Waals surface area contributed by atoms with Crippen molar-refractivity contribution >= 4 is 0 Å². The lowest BCUT2D eigenvalue weighted by atomic mass is 9.82. The summed E-state index contributed by atoms with van der Waals surface area (Å²) in [6, 6.07) is 0.882. The van der Waals surface area contributed by atoms with E-state index in [1.165, 1.54) is 32.2 Å². The average Bonchev–Trinajstić information content (AvgIpc) is 2.82. The first-order chi connectivity index (χ1) is 9.86. The van der Waals surface area contributed by atoms with Gasteiger partial charge in [-0.05, 0) is 87.0 Å². The Balaban J connectivity index is 1.38. The van der Waals surface area contributed by atoms with Crippen LogP contribution in [0.3, 0.4) is 0 Å². The van der Waals surface area contributed by atoms with Crippen molar-refractivity contribution < 1.29 is 0 Å². The average molecular weight is 275 g/mol. The van der Waals surface area contributed by atoms with Gasteiger partial charge in [-0.15, -0.1) is 0 Å². The molecule has 6 unspecified atom stereocenters. The molecule has 4 rings (SSSR count). The molecule has 0 spiro atoms. The summed E-state index contributed by atoms with van der Waals surface area (Å²) < 4.78 is 0. The Labute approximate surface area is 125 Å². The van der Waals surface area contributed by atoms with Gasteiger partial charge in [0.05, 0.1) is 0 Å². The molecule has 0 amide bonds. The standard InChI is InChI=1S/C19H33N/c1-2-9-20-18(19-16-5-3-4-6-17(16)19)12-15-11-13-7-8-14(15)10-13/h13-20H,2-12H2,1H3. The molecule has 4 saturated carbocycles. The molecule has 4 aliphatic rings. The van der Waals surface area contributed by atoms with Crippen molar-refractivity contribution in [1.82, 2.24) is 5.32 Å². The molecule has 0 aliphatic heterocycles. The van der Waals surface area contributed by atoms with E-state index in [0.717, 1.165) is 41.5 Å². The molecule has 4 aliphatic carbocycles. The second-order valence-corrected chi connectivity index (χ2v) is 8.42. The van der Waals surface area contributed by atoms with E-state index in [1.54, 1.807) is 38.5 Å². The molecule has 114 valence electrons. The maximum absolute atomic E-state index is 3.97. The quantitative estimate of drug-likeness (QED) is 0.746. The Bertz CT molecular complexity index is 327. The van der Waals surface area contributed by atoms with E-state index in [1.807, 2.05) is 0 Å². The highest BCUT2D eigenvalue weighted by Gasteiger charge is 2.54. The summed E-state index contributed by atoms with van der Waals surface area (Å²) in [6.45, 7) is 3.57. The molecule has 1 heteroatoms. The van der Waals surface area contributed by atoms with Crippen LogP contribution in [0.4, 0.5) is 0 Å². The molecular formula is C19H33N. The first-order valence-electron chi connectivity index (χ1n) is 9.60. The van der Waals surface area contributed by atoms with Crippen molar-refractivity contribution in [3.05, 3.63) is 0 Å². The topological polar surface area (TPSA) is 12.0 Å². The van der Waals surface area contributed by atoms with Crippen molar-refractivity contribution in [3.8, 4) is 0 Å². The van der Waals surface area contributed by atoms with Crippen LogP contribution < -0.4 is 5.32 Å². The van der Waals surface area contributed by atoms with Gasteiger partial charge in [0.25, 0.3) is 0 Å². The van der Waals surface area contributed by atoms with E-state index in [2.05, 4.69) is 12.2 Å². The highest BCUT2D eigenvalue weighted by atomic mass is 14.9. The second-order valence-electron chi connectivity index (χ2n) is 8.42. The Kier molecular flexibility index (Phi) is 3.83. The summed E-state index contributed by atoms with van der Waals surface area (Å²) in [5, 5.41) is 3.97. The van der Waals surface area contributed by atoms with Gasteiger partial charge >= 0.3 is 0 Å². The fourth-order valence-corrected chi connectivity index (χ4v) is 6.34. The number of fused-ring (bicyclic) bond motifs is 3. The summed E-state index contributed by atoms with van der Waals surface area (Å²) >= 11 is 0. The van der Waals surface area contributed by atoms with Gasteiger partial charge in [0.1, 0.15) is 0 Å². The minimum absolute atomic E-state index is 0.882. The van der Waals surface area contributed by atoms with Crippen LogP contribution >= 0.6 is 0 Å². The predicted octanol–water partition coefficient (Wildman–Crippen LogP) is 4.62. The van der Waals surface area contributed by atoms with E-state index in [0.29, 0.717) is 0 Å². The molecule has 2 bridgehead atoms. The van der Waals surface area contributed by atoms with E-state index in [-0.39, 0.29) is 0 Å². The minimum Gasteiger partial charge on any atom is -0.314 e. The zero-order valence-electron chi connectivity index (χ0n) is 13.3. The van der Waals surface area contributed by atoms with Crippen molar-refractivity contribution in [1.29, 1.82) is 0 Å².